The monoisotopic (exact) mass is 329 g/mol. The number of para-hydroxylation sites is 1. The molecule has 0 saturated carbocycles. The minimum Gasteiger partial charge on any atom is -0.304 e. The number of hydrogen-bond acceptors (Lipinski definition) is 3. The second kappa shape index (κ2) is 4.83. The zero-order valence-corrected chi connectivity index (χ0v) is 12.7. The van der Waals surface area contributed by atoms with E-state index in [1.54, 1.807) is 6.92 Å². The highest BCUT2D eigenvalue weighted by atomic mass is 79.9. The molecule has 5 heteroatoms. The van der Waals surface area contributed by atoms with Crippen LogP contribution in [-0.4, -0.2) is 15.0 Å². The third-order valence-corrected chi connectivity index (χ3v) is 4.13. The van der Waals surface area contributed by atoms with Crippen molar-refractivity contribution in [3.63, 3.8) is 0 Å². The fourth-order valence-corrected chi connectivity index (χ4v) is 2.35. The number of nitrogens with one attached hydrogen (secondary N) is 1. The van der Waals surface area contributed by atoms with E-state index >= 15 is 0 Å². The van der Waals surface area contributed by atoms with E-state index in [4.69, 9.17) is 0 Å². The highest BCUT2D eigenvalue weighted by molar-refractivity contribution is 9.10. The van der Waals surface area contributed by atoms with Crippen LogP contribution in [0.5, 0.6) is 0 Å². The van der Waals surface area contributed by atoms with Crippen molar-refractivity contribution in [3.05, 3.63) is 56.4 Å². The molecule has 20 heavy (non-hydrogen) atoms. The lowest BCUT2D eigenvalue weighted by atomic mass is 10.1. The van der Waals surface area contributed by atoms with E-state index in [-0.39, 0.29) is 5.56 Å². The number of aryl methyl sites for hydroxylation is 2. The predicted molar refractivity (Wildman–Crippen MR) is 82.8 cm³/mol. The van der Waals surface area contributed by atoms with Gasteiger partial charge in [0.2, 0.25) is 0 Å². The summed E-state index contributed by atoms with van der Waals surface area (Å²) in [4.78, 5) is 23.5. The molecule has 0 bridgehead atoms. The molecule has 100 valence electrons. The quantitative estimate of drug-likeness (QED) is 0.744. The van der Waals surface area contributed by atoms with E-state index < -0.39 is 0 Å². The van der Waals surface area contributed by atoms with Crippen LogP contribution in [0.3, 0.4) is 0 Å². The molecule has 0 amide bonds. The fraction of sp³-hybridized carbons (Fsp3) is 0.133. The third-order valence-electron chi connectivity index (χ3n) is 3.19. The molecule has 0 aliphatic heterocycles. The molecule has 0 aliphatic rings. The summed E-state index contributed by atoms with van der Waals surface area (Å²) in [7, 11) is 0. The molecule has 3 rings (SSSR count). The highest BCUT2D eigenvalue weighted by Crippen LogP contribution is 2.22. The predicted octanol–water partition coefficient (Wildman–Crippen LogP) is 3.36. The van der Waals surface area contributed by atoms with Crippen LogP contribution in [0.1, 0.15) is 11.3 Å². The average molecular weight is 330 g/mol. The van der Waals surface area contributed by atoms with E-state index in [0.717, 1.165) is 16.5 Å². The van der Waals surface area contributed by atoms with Crippen molar-refractivity contribution in [3.8, 4) is 11.5 Å². The summed E-state index contributed by atoms with van der Waals surface area (Å²) in [5.74, 6) is 0.490. The average Bonchev–Trinajstić information content (AvgIpc) is 2.44. The van der Waals surface area contributed by atoms with Gasteiger partial charge in [-0.1, -0.05) is 18.2 Å². The highest BCUT2D eigenvalue weighted by Gasteiger charge is 2.10. The zero-order valence-electron chi connectivity index (χ0n) is 11.1. The van der Waals surface area contributed by atoms with Gasteiger partial charge >= 0.3 is 0 Å². The summed E-state index contributed by atoms with van der Waals surface area (Å²) in [6.45, 7) is 3.81. The molecule has 2 heterocycles. The first-order chi connectivity index (χ1) is 9.56. The number of benzene rings is 1. The molecular weight excluding hydrogens is 318 g/mol. The molecule has 0 aliphatic carbocycles. The molecule has 0 radical (unpaired) electrons. The zero-order chi connectivity index (χ0) is 14.3. The van der Waals surface area contributed by atoms with Gasteiger partial charge in [-0.25, -0.2) is 9.97 Å². The van der Waals surface area contributed by atoms with Crippen LogP contribution < -0.4 is 5.56 Å². The summed E-state index contributed by atoms with van der Waals surface area (Å²) >= 11 is 3.21. The molecule has 0 fully saturated rings. The number of aromatic amines is 1. The van der Waals surface area contributed by atoms with Crippen molar-refractivity contribution in [2.45, 2.75) is 13.8 Å². The standard InChI is InChI=1S/C15H12BrN3O/c1-8-7-12(18-11-6-4-3-5-10(8)11)14-17-9(2)13(16)15(20)19-14/h3-7H,1-2H3,(H,17,19,20). The second-order valence-electron chi connectivity index (χ2n) is 4.66. The lowest BCUT2D eigenvalue weighted by Crippen LogP contribution is -2.12. The molecular formula is C15H12BrN3O. The van der Waals surface area contributed by atoms with Gasteiger partial charge in [-0.3, -0.25) is 4.79 Å². The normalized spacial score (nSPS) is 10.9. The number of hydrogen-bond donors (Lipinski definition) is 1. The van der Waals surface area contributed by atoms with E-state index in [0.29, 0.717) is 21.7 Å². The van der Waals surface area contributed by atoms with Crippen LogP contribution in [0, 0.1) is 13.8 Å². The maximum Gasteiger partial charge on any atom is 0.265 e. The first kappa shape index (κ1) is 13.0. The minimum atomic E-state index is -0.194. The van der Waals surface area contributed by atoms with Crippen molar-refractivity contribution in [2.24, 2.45) is 0 Å². The number of pyridine rings is 1. The van der Waals surface area contributed by atoms with Crippen LogP contribution in [0.25, 0.3) is 22.4 Å². The third kappa shape index (κ3) is 2.14. The summed E-state index contributed by atoms with van der Waals surface area (Å²) < 4.78 is 0.457. The number of halogens is 1. The number of rotatable bonds is 1. The van der Waals surface area contributed by atoms with Crippen molar-refractivity contribution in [1.82, 2.24) is 15.0 Å². The molecule has 0 atom stereocenters. The van der Waals surface area contributed by atoms with Gasteiger partial charge in [-0.15, -0.1) is 0 Å². The Kier molecular flexibility index (Phi) is 3.14. The number of nitrogens with zero attached hydrogens (tertiary/aromatic N) is 2. The van der Waals surface area contributed by atoms with Crippen LogP contribution in [0.15, 0.2) is 39.6 Å². The van der Waals surface area contributed by atoms with Crippen LogP contribution in [-0.2, 0) is 0 Å². The molecule has 2 aromatic heterocycles. The van der Waals surface area contributed by atoms with Gasteiger partial charge in [-0.2, -0.15) is 0 Å². The Balaban J connectivity index is 2.27. The van der Waals surface area contributed by atoms with E-state index in [2.05, 4.69) is 30.9 Å². The maximum atomic E-state index is 11.8. The van der Waals surface area contributed by atoms with Gasteiger partial charge in [0, 0.05) is 5.39 Å². The Bertz CT molecular complexity index is 871. The Morgan fingerprint density at radius 2 is 1.90 bits per heavy atom. The van der Waals surface area contributed by atoms with E-state index in [1.807, 2.05) is 37.3 Å². The van der Waals surface area contributed by atoms with Gasteiger partial charge < -0.3 is 4.98 Å². The molecule has 4 nitrogen and oxygen atoms in total. The fourth-order valence-electron chi connectivity index (χ4n) is 2.16. The van der Waals surface area contributed by atoms with Gasteiger partial charge in [0.25, 0.3) is 5.56 Å². The van der Waals surface area contributed by atoms with Crippen LogP contribution >= 0.6 is 15.9 Å². The largest absolute Gasteiger partial charge is 0.304 e. The maximum absolute atomic E-state index is 11.8. The number of H-pyrrole nitrogens is 1. The molecule has 0 unspecified atom stereocenters. The van der Waals surface area contributed by atoms with Crippen molar-refractivity contribution in [2.75, 3.05) is 0 Å². The molecule has 0 saturated heterocycles. The lowest BCUT2D eigenvalue weighted by molar-refractivity contribution is 1.04. The SMILES string of the molecule is Cc1nc(-c2cc(C)c3ccccc3n2)[nH]c(=O)c1Br. The van der Waals surface area contributed by atoms with Crippen molar-refractivity contribution < 1.29 is 0 Å². The summed E-state index contributed by atoms with van der Waals surface area (Å²) in [6.07, 6.45) is 0. The van der Waals surface area contributed by atoms with Crippen LogP contribution in [0.2, 0.25) is 0 Å². The number of fused-ring (bicyclic) bond motifs is 1. The van der Waals surface area contributed by atoms with Crippen LogP contribution in [0.4, 0.5) is 0 Å². The molecule has 1 N–H and O–H groups in total. The Labute approximate surface area is 124 Å². The molecule has 3 aromatic rings. The van der Waals surface area contributed by atoms with Gasteiger partial charge in [0.15, 0.2) is 5.82 Å². The van der Waals surface area contributed by atoms with Gasteiger partial charge in [0.05, 0.1) is 11.2 Å². The minimum absolute atomic E-state index is 0.194. The molecule has 0 spiro atoms. The smallest absolute Gasteiger partial charge is 0.265 e. The van der Waals surface area contributed by atoms with Crippen molar-refractivity contribution >= 4 is 26.8 Å². The summed E-state index contributed by atoms with van der Waals surface area (Å²) in [5, 5.41) is 1.10. The Morgan fingerprint density at radius 1 is 1.15 bits per heavy atom. The summed E-state index contributed by atoms with van der Waals surface area (Å²) in [6, 6.07) is 9.86. The topological polar surface area (TPSA) is 58.6 Å². The lowest BCUT2D eigenvalue weighted by Gasteiger charge is -2.07. The Morgan fingerprint density at radius 3 is 2.65 bits per heavy atom. The Hall–Kier alpha value is -2.01. The first-order valence-corrected chi connectivity index (χ1v) is 6.99. The summed E-state index contributed by atoms with van der Waals surface area (Å²) in [5.41, 5.74) is 3.13. The van der Waals surface area contributed by atoms with E-state index in [9.17, 15) is 4.79 Å². The van der Waals surface area contributed by atoms with Gasteiger partial charge in [0.1, 0.15) is 10.2 Å². The second-order valence-corrected chi connectivity index (χ2v) is 5.45. The number of aromatic nitrogens is 3. The molecule has 1 aromatic carbocycles. The van der Waals surface area contributed by atoms with Crippen molar-refractivity contribution in [1.29, 1.82) is 0 Å². The van der Waals surface area contributed by atoms with E-state index in [1.165, 1.54) is 0 Å². The van der Waals surface area contributed by atoms with Gasteiger partial charge in [-0.05, 0) is 47.5 Å². The first-order valence-electron chi connectivity index (χ1n) is 6.19.